The van der Waals surface area contributed by atoms with E-state index in [2.05, 4.69) is 18.9 Å². The zero-order valence-electron chi connectivity index (χ0n) is 12.6. The van der Waals surface area contributed by atoms with Crippen LogP contribution in [0.3, 0.4) is 0 Å². The molecular formula is C17H23N2OP. The van der Waals surface area contributed by atoms with Crippen molar-refractivity contribution in [1.82, 2.24) is 5.09 Å². The van der Waals surface area contributed by atoms with Crippen LogP contribution in [0.15, 0.2) is 60.7 Å². The molecule has 0 heterocycles. The van der Waals surface area contributed by atoms with Gasteiger partial charge in [0.1, 0.15) is 0 Å². The first kappa shape index (κ1) is 16.0. The molecule has 3 N–H and O–H groups in total. The highest BCUT2D eigenvalue weighted by molar-refractivity contribution is 7.76. The van der Waals surface area contributed by atoms with E-state index in [-0.39, 0.29) is 6.04 Å². The Morgan fingerprint density at radius 3 is 1.76 bits per heavy atom. The highest BCUT2D eigenvalue weighted by Crippen LogP contribution is 2.38. The lowest BCUT2D eigenvalue weighted by atomic mass is 10.1. The van der Waals surface area contributed by atoms with Gasteiger partial charge in [0, 0.05) is 23.2 Å². The fourth-order valence-corrected chi connectivity index (χ4v) is 4.39. The van der Waals surface area contributed by atoms with E-state index in [0.29, 0.717) is 12.5 Å². The second-order valence-electron chi connectivity index (χ2n) is 5.55. The third-order valence-corrected chi connectivity index (χ3v) is 6.32. The Labute approximate surface area is 127 Å². The summed E-state index contributed by atoms with van der Waals surface area (Å²) in [6.07, 6.45) is 0. The van der Waals surface area contributed by atoms with Gasteiger partial charge in [0.15, 0.2) is 0 Å². The highest BCUT2D eigenvalue weighted by Gasteiger charge is 2.27. The van der Waals surface area contributed by atoms with Crippen LogP contribution in [0.1, 0.15) is 13.8 Å². The molecule has 0 saturated heterocycles. The van der Waals surface area contributed by atoms with E-state index in [1.807, 2.05) is 60.7 Å². The van der Waals surface area contributed by atoms with Crippen molar-refractivity contribution in [2.75, 3.05) is 6.54 Å². The maximum Gasteiger partial charge on any atom is 0.204 e. The van der Waals surface area contributed by atoms with Crippen molar-refractivity contribution in [3.8, 4) is 0 Å². The zero-order chi connectivity index (χ0) is 15.3. The van der Waals surface area contributed by atoms with Crippen LogP contribution >= 0.6 is 7.29 Å². The van der Waals surface area contributed by atoms with E-state index in [4.69, 9.17) is 5.73 Å². The summed E-state index contributed by atoms with van der Waals surface area (Å²) in [6.45, 7) is 4.67. The maximum absolute atomic E-state index is 13.6. The van der Waals surface area contributed by atoms with Crippen molar-refractivity contribution in [1.29, 1.82) is 0 Å². The summed E-state index contributed by atoms with van der Waals surface area (Å²) < 4.78 is 13.6. The summed E-state index contributed by atoms with van der Waals surface area (Å²) in [4.78, 5) is 0. The van der Waals surface area contributed by atoms with Crippen LogP contribution in [-0.4, -0.2) is 12.6 Å². The molecular weight excluding hydrogens is 279 g/mol. The molecule has 112 valence electrons. The van der Waals surface area contributed by atoms with Crippen molar-refractivity contribution >= 4 is 17.9 Å². The molecule has 0 aliphatic carbocycles. The fourth-order valence-electron chi connectivity index (χ4n) is 2.08. The number of benzene rings is 2. The summed E-state index contributed by atoms with van der Waals surface area (Å²) in [6, 6.07) is 19.1. The minimum Gasteiger partial charge on any atom is -0.326 e. The SMILES string of the molecule is CC(C)[C@H](N)CNP(=O)(c1ccccc1)c1ccccc1. The molecule has 0 aromatic heterocycles. The van der Waals surface area contributed by atoms with Crippen LogP contribution < -0.4 is 21.4 Å². The van der Waals surface area contributed by atoms with E-state index in [9.17, 15) is 4.57 Å². The van der Waals surface area contributed by atoms with E-state index in [1.54, 1.807) is 0 Å². The first-order valence-electron chi connectivity index (χ1n) is 7.26. The number of hydrogen-bond donors (Lipinski definition) is 2. The molecule has 2 rings (SSSR count). The second kappa shape index (κ2) is 7.04. The summed E-state index contributed by atoms with van der Waals surface area (Å²) in [5.74, 6) is 0.345. The molecule has 0 fully saturated rings. The normalized spacial score (nSPS) is 13.3. The summed E-state index contributed by atoms with van der Waals surface area (Å²) in [7, 11) is -2.85. The van der Waals surface area contributed by atoms with Gasteiger partial charge in [-0.15, -0.1) is 0 Å². The Morgan fingerprint density at radius 1 is 0.952 bits per heavy atom. The van der Waals surface area contributed by atoms with Gasteiger partial charge in [-0.3, -0.25) is 9.65 Å². The highest BCUT2D eigenvalue weighted by atomic mass is 31.2. The van der Waals surface area contributed by atoms with Crippen LogP contribution in [0.4, 0.5) is 0 Å². The molecule has 1 atom stereocenters. The van der Waals surface area contributed by atoms with Crippen LogP contribution in [0.2, 0.25) is 0 Å². The average Bonchev–Trinajstić information content (AvgIpc) is 2.53. The maximum atomic E-state index is 13.6. The molecule has 2 aromatic rings. The third kappa shape index (κ3) is 3.82. The Balaban J connectivity index is 2.34. The van der Waals surface area contributed by atoms with Gasteiger partial charge in [-0.05, 0) is 30.2 Å². The van der Waals surface area contributed by atoms with Gasteiger partial charge >= 0.3 is 0 Å². The minimum atomic E-state index is -2.85. The van der Waals surface area contributed by atoms with E-state index in [1.165, 1.54) is 0 Å². The average molecular weight is 302 g/mol. The van der Waals surface area contributed by atoms with Crippen molar-refractivity contribution in [3.63, 3.8) is 0 Å². The molecule has 0 spiro atoms. The molecule has 0 aliphatic heterocycles. The van der Waals surface area contributed by atoms with E-state index in [0.717, 1.165) is 10.6 Å². The molecule has 0 amide bonds. The fraction of sp³-hybridized carbons (Fsp3) is 0.294. The summed E-state index contributed by atoms with van der Waals surface area (Å²) >= 11 is 0. The largest absolute Gasteiger partial charge is 0.326 e. The predicted molar refractivity (Wildman–Crippen MR) is 90.6 cm³/mol. The number of rotatable bonds is 6. The Hall–Kier alpha value is -1.41. The zero-order valence-corrected chi connectivity index (χ0v) is 13.5. The lowest BCUT2D eigenvalue weighted by Crippen LogP contribution is -2.40. The first-order chi connectivity index (χ1) is 10.0. The molecule has 0 saturated carbocycles. The molecule has 2 aromatic carbocycles. The van der Waals surface area contributed by atoms with Crippen molar-refractivity contribution in [3.05, 3.63) is 60.7 Å². The van der Waals surface area contributed by atoms with Crippen molar-refractivity contribution in [2.24, 2.45) is 11.7 Å². The molecule has 0 unspecified atom stereocenters. The molecule has 0 bridgehead atoms. The van der Waals surface area contributed by atoms with Crippen LogP contribution in [0, 0.1) is 5.92 Å². The van der Waals surface area contributed by atoms with Gasteiger partial charge < -0.3 is 5.73 Å². The second-order valence-corrected chi connectivity index (χ2v) is 8.12. The monoisotopic (exact) mass is 302 g/mol. The number of hydrogen-bond acceptors (Lipinski definition) is 2. The topological polar surface area (TPSA) is 55.1 Å². The summed E-state index contributed by atoms with van der Waals surface area (Å²) in [5, 5.41) is 4.86. The Morgan fingerprint density at radius 2 is 1.38 bits per heavy atom. The van der Waals surface area contributed by atoms with Crippen LogP contribution in [0.5, 0.6) is 0 Å². The number of nitrogens with two attached hydrogens (primary N) is 1. The standard InChI is InChI=1S/C17H23N2OP/c1-14(2)17(18)13-19-21(20,15-9-5-3-6-10-15)16-11-7-4-8-12-16/h3-12,14,17H,13,18H2,1-2H3,(H,19,20)/t17-/m1/s1. The molecule has 0 aliphatic rings. The van der Waals surface area contributed by atoms with Gasteiger partial charge in [0.05, 0.1) is 0 Å². The smallest absolute Gasteiger partial charge is 0.204 e. The predicted octanol–water partition coefficient (Wildman–Crippen LogP) is 2.49. The van der Waals surface area contributed by atoms with Gasteiger partial charge in [-0.25, -0.2) is 0 Å². The van der Waals surface area contributed by atoms with Gasteiger partial charge in [0.25, 0.3) is 0 Å². The van der Waals surface area contributed by atoms with Gasteiger partial charge in [0.2, 0.25) is 7.29 Å². The first-order valence-corrected chi connectivity index (χ1v) is 8.96. The molecule has 21 heavy (non-hydrogen) atoms. The lowest BCUT2D eigenvalue weighted by molar-refractivity contribution is 0.484. The van der Waals surface area contributed by atoms with Crippen molar-refractivity contribution < 1.29 is 4.57 Å². The third-order valence-electron chi connectivity index (χ3n) is 3.65. The van der Waals surface area contributed by atoms with Crippen LogP contribution in [0.25, 0.3) is 0 Å². The molecule has 4 heteroatoms. The van der Waals surface area contributed by atoms with E-state index >= 15 is 0 Å². The summed E-state index contributed by atoms with van der Waals surface area (Å²) in [5.41, 5.74) is 6.10. The Bertz CT molecular complexity index is 555. The lowest BCUT2D eigenvalue weighted by Gasteiger charge is -2.24. The van der Waals surface area contributed by atoms with Gasteiger partial charge in [-0.1, -0.05) is 50.2 Å². The van der Waals surface area contributed by atoms with E-state index < -0.39 is 7.29 Å². The Kier molecular flexibility index (Phi) is 5.35. The number of nitrogens with one attached hydrogen (secondary N) is 1. The molecule has 0 radical (unpaired) electrons. The molecule has 3 nitrogen and oxygen atoms in total. The van der Waals surface area contributed by atoms with Gasteiger partial charge in [-0.2, -0.15) is 0 Å². The minimum absolute atomic E-state index is 0.0225. The van der Waals surface area contributed by atoms with Crippen molar-refractivity contribution in [2.45, 2.75) is 19.9 Å². The quantitative estimate of drug-likeness (QED) is 0.806. The van der Waals surface area contributed by atoms with Crippen LogP contribution in [-0.2, 0) is 4.57 Å².